The van der Waals surface area contributed by atoms with Gasteiger partial charge in [-0.25, -0.2) is 0 Å². The minimum Gasteiger partial charge on any atom is -0.394 e. The van der Waals surface area contributed by atoms with Crippen molar-refractivity contribution in [2.75, 3.05) is 19.8 Å². The van der Waals surface area contributed by atoms with Gasteiger partial charge in [0.05, 0.1) is 32.0 Å². The molecule has 0 aliphatic carbocycles. The molecule has 12 unspecified atom stereocenters. The van der Waals surface area contributed by atoms with E-state index in [0.29, 0.717) is 6.42 Å². The fourth-order valence-corrected chi connectivity index (χ4v) is 4.77. The second kappa shape index (κ2) is 20.4. The lowest BCUT2D eigenvalue weighted by Gasteiger charge is -2.46. The van der Waals surface area contributed by atoms with E-state index >= 15 is 0 Å². The Kier molecular flexibility index (Phi) is 17.8. The van der Waals surface area contributed by atoms with Crippen LogP contribution in [0, 0.1) is 0 Å². The molecule has 0 saturated carbocycles. The summed E-state index contributed by atoms with van der Waals surface area (Å²) in [4.78, 5) is 11.8. The van der Waals surface area contributed by atoms with E-state index in [1.165, 1.54) is 13.0 Å². The smallest absolute Gasteiger partial charge is 0.217 e. The lowest BCUT2D eigenvalue weighted by atomic mass is 9.97. The fraction of sp³-hybridized carbons (Fsp3) is 0.767. The summed E-state index contributed by atoms with van der Waals surface area (Å²) >= 11 is 0. The average molecular weight is 634 g/mol. The van der Waals surface area contributed by atoms with E-state index in [4.69, 9.17) is 18.9 Å². The molecule has 14 heteroatoms. The van der Waals surface area contributed by atoms with Gasteiger partial charge in [0.15, 0.2) is 12.6 Å². The number of ether oxygens (including phenoxy) is 4. The van der Waals surface area contributed by atoms with Crippen molar-refractivity contribution < 1.29 is 64.6 Å². The number of aliphatic hydroxyl groups excluding tert-OH is 8. The van der Waals surface area contributed by atoms with Gasteiger partial charge in [0, 0.05) is 6.92 Å². The maximum Gasteiger partial charge on any atom is 0.217 e. The predicted molar refractivity (Wildman–Crippen MR) is 157 cm³/mol. The summed E-state index contributed by atoms with van der Waals surface area (Å²) in [5, 5.41) is 84.2. The van der Waals surface area contributed by atoms with Crippen LogP contribution in [0.2, 0.25) is 0 Å². The molecule has 0 spiro atoms. The van der Waals surface area contributed by atoms with Crippen LogP contribution in [0.3, 0.4) is 0 Å². The van der Waals surface area contributed by atoms with Crippen molar-refractivity contribution in [3.05, 3.63) is 36.5 Å². The van der Waals surface area contributed by atoms with Gasteiger partial charge in [0.1, 0.15) is 48.8 Å². The van der Waals surface area contributed by atoms with Gasteiger partial charge in [-0.05, 0) is 32.1 Å². The van der Waals surface area contributed by atoms with Crippen molar-refractivity contribution in [3.63, 3.8) is 0 Å². The summed E-state index contributed by atoms with van der Waals surface area (Å²) in [5.74, 6) is -0.437. The molecule has 9 N–H and O–H groups in total. The molecule has 0 radical (unpaired) electrons. The molecule has 12 atom stereocenters. The number of nitrogens with one attached hydrogen (secondary N) is 1. The van der Waals surface area contributed by atoms with Gasteiger partial charge in [-0.1, -0.05) is 49.8 Å². The van der Waals surface area contributed by atoms with Gasteiger partial charge in [-0.15, -0.1) is 0 Å². The highest BCUT2D eigenvalue weighted by Crippen LogP contribution is 2.29. The molecule has 0 aromatic carbocycles. The number of carbonyl (C=O) groups is 1. The number of hydrogen-bond donors (Lipinski definition) is 9. The summed E-state index contributed by atoms with van der Waals surface area (Å²) in [6, 6.07) is -0.933. The number of carbonyl (C=O) groups excluding carboxylic acids is 1. The number of unbranched alkanes of at least 4 members (excludes halogenated alkanes) is 3. The van der Waals surface area contributed by atoms with E-state index in [0.717, 1.165) is 32.1 Å². The predicted octanol–water partition coefficient (Wildman–Crippen LogP) is -1.48. The normalized spacial score (nSPS) is 34.6. The van der Waals surface area contributed by atoms with Gasteiger partial charge < -0.3 is 65.1 Å². The highest BCUT2D eigenvalue weighted by Gasteiger charge is 2.50. The van der Waals surface area contributed by atoms with Crippen LogP contribution in [0.15, 0.2) is 36.5 Å². The molecule has 2 saturated heterocycles. The summed E-state index contributed by atoms with van der Waals surface area (Å²) in [5.41, 5.74) is 0. The van der Waals surface area contributed by atoms with Crippen LogP contribution in [0.25, 0.3) is 0 Å². The van der Waals surface area contributed by atoms with Crippen molar-refractivity contribution in [3.8, 4) is 0 Å². The lowest BCUT2D eigenvalue weighted by Crippen LogP contribution is -2.65. The van der Waals surface area contributed by atoms with Crippen LogP contribution in [-0.2, 0) is 23.7 Å². The van der Waals surface area contributed by atoms with E-state index in [1.54, 1.807) is 6.08 Å². The van der Waals surface area contributed by atoms with Gasteiger partial charge >= 0.3 is 0 Å². The lowest BCUT2D eigenvalue weighted by molar-refractivity contribution is -0.359. The molecule has 254 valence electrons. The standard InChI is InChI=1S/C30H51NO13/c1-3-4-5-6-7-8-9-10-11-12-13-14-20(35)19(31-18(2)34)17-41-29-27(40)25(38)28(22(16-33)43-29)44-30-26(39)24(37)23(36)21(15-32)42-30/h5-6,9-10,13-14,19-30,32-33,35-40H,3-4,7-8,11-12,15-17H2,1-2H3,(H,31,34)/b6-5+,10-9+,14-13+. The molecule has 2 heterocycles. The first kappa shape index (κ1) is 38.4. The van der Waals surface area contributed by atoms with E-state index in [9.17, 15) is 45.6 Å². The number of amides is 1. The van der Waals surface area contributed by atoms with Gasteiger partial charge in [0.25, 0.3) is 0 Å². The van der Waals surface area contributed by atoms with Crippen LogP contribution >= 0.6 is 0 Å². The second-order valence-electron chi connectivity index (χ2n) is 10.9. The van der Waals surface area contributed by atoms with Crippen LogP contribution in [0.5, 0.6) is 0 Å². The summed E-state index contributed by atoms with van der Waals surface area (Å²) in [6.07, 6.45) is 0.417. The quantitative estimate of drug-likeness (QED) is 0.0621. The first-order valence-corrected chi connectivity index (χ1v) is 15.2. The Balaban J connectivity index is 1.92. The fourth-order valence-electron chi connectivity index (χ4n) is 4.77. The highest BCUT2D eigenvalue weighted by molar-refractivity contribution is 5.73. The van der Waals surface area contributed by atoms with Crippen molar-refractivity contribution >= 4 is 5.91 Å². The Labute approximate surface area is 258 Å². The minimum absolute atomic E-state index is 0.332. The number of allylic oxidation sites excluding steroid dienone is 5. The van der Waals surface area contributed by atoms with E-state index in [1.807, 2.05) is 0 Å². The highest BCUT2D eigenvalue weighted by atomic mass is 16.7. The molecule has 0 bridgehead atoms. The van der Waals surface area contributed by atoms with Crippen LogP contribution in [0.4, 0.5) is 0 Å². The SMILES string of the molecule is CCC/C=C/CC/C=C/CC/C=C/C(O)C(COC1OC(CO)C(OC2OC(CO)C(O)C(O)C2O)C(O)C1O)NC(C)=O. The third-order valence-electron chi connectivity index (χ3n) is 7.32. The van der Waals surface area contributed by atoms with Crippen molar-refractivity contribution in [2.45, 2.75) is 126 Å². The zero-order chi connectivity index (χ0) is 32.6. The maximum atomic E-state index is 11.8. The summed E-state index contributed by atoms with van der Waals surface area (Å²) in [7, 11) is 0. The summed E-state index contributed by atoms with van der Waals surface area (Å²) < 4.78 is 22.0. The zero-order valence-electron chi connectivity index (χ0n) is 25.4. The first-order chi connectivity index (χ1) is 21.0. The number of hydrogen-bond acceptors (Lipinski definition) is 13. The van der Waals surface area contributed by atoms with Crippen molar-refractivity contribution in [2.24, 2.45) is 0 Å². The molecule has 1 amide bonds. The van der Waals surface area contributed by atoms with E-state index in [-0.39, 0.29) is 6.61 Å². The van der Waals surface area contributed by atoms with Gasteiger partial charge in [0.2, 0.25) is 5.91 Å². The number of aliphatic hydroxyl groups is 8. The molecule has 0 aromatic heterocycles. The largest absolute Gasteiger partial charge is 0.394 e. The Morgan fingerprint density at radius 1 is 0.773 bits per heavy atom. The second-order valence-corrected chi connectivity index (χ2v) is 10.9. The van der Waals surface area contributed by atoms with Crippen LogP contribution in [0.1, 0.15) is 52.4 Å². The topological polar surface area (TPSA) is 228 Å². The minimum atomic E-state index is -1.79. The Hall–Kier alpha value is -1.79. The molecule has 2 aliphatic heterocycles. The molecule has 2 fully saturated rings. The molecule has 44 heavy (non-hydrogen) atoms. The molecular formula is C30H51NO13. The Morgan fingerprint density at radius 2 is 1.32 bits per heavy atom. The van der Waals surface area contributed by atoms with Crippen LogP contribution < -0.4 is 5.32 Å². The third kappa shape index (κ3) is 11.9. The molecule has 2 aliphatic rings. The maximum absolute atomic E-state index is 11.8. The molecule has 14 nitrogen and oxygen atoms in total. The van der Waals surface area contributed by atoms with Crippen molar-refractivity contribution in [1.82, 2.24) is 5.32 Å². The molecular weight excluding hydrogens is 582 g/mol. The Morgan fingerprint density at radius 3 is 1.89 bits per heavy atom. The van der Waals surface area contributed by atoms with E-state index < -0.39 is 92.7 Å². The number of rotatable bonds is 18. The third-order valence-corrected chi connectivity index (χ3v) is 7.32. The van der Waals surface area contributed by atoms with Gasteiger partial charge in [-0.2, -0.15) is 0 Å². The Bertz CT molecular complexity index is 898. The van der Waals surface area contributed by atoms with Crippen molar-refractivity contribution in [1.29, 1.82) is 0 Å². The molecule has 0 aromatic rings. The molecule has 2 rings (SSSR count). The van der Waals surface area contributed by atoms with Gasteiger partial charge in [-0.3, -0.25) is 4.79 Å². The van der Waals surface area contributed by atoms with Crippen LogP contribution in [-0.4, -0.2) is 140 Å². The first-order valence-electron chi connectivity index (χ1n) is 15.2. The summed E-state index contributed by atoms with van der Waals surface area (Å²) in [6.45, 7) is 1.64. The monoisotopic (exact) mass is 633 g/mol. The van der Waals surface area contributed by atoms with E-state index in [2.05, 4.69) is 36.5 Å². The zero-order valence-corrected chi connectivity index (χ0v) is 25.4. The average Bonchev–Trinajstić information content (AvgIpc) is 3.00.